The second kappa shape index (κ2) is 5.32. The Morgan fingerprint density at radius 2 is 1.91 bits per heavy atom. The van der Waals surface area contributed by atoms with Gasteiger partial charge in [0.1, 0.15) is 0 Å². The van der Waals surface area contributed by atoms with Crippen LogP contribution in [0.5, 0.6) is 0 Å². The summed E-state index contributed by atoms with van der Waals surface area (Å²) in [5.74, 6) is -0.736. The molecule has 1 N–H and O–H groups in total. The third-order valence-electron chi connectivity index (χ3n) is 1.09. The number of hydrogen-bond donors (Lipinski definition) is 1. The fourth-order valence-electron chi connectivity index (χ4n) is 0.627. The van der Waals surface area contributed by atoms with E-state index >= 15 is 0 Å². The number of benzene rings is 1. The van der Waals surface area contributed by atoms with Crippen LogP contribution in [-0.4, -0.2) is 11.2 Å². The molecule has 0 amide bonds. The first-order chi connectivity index (χ1) is 4.84. The van der Waals surface area contributed by atoms with Gasteiger partial charge < -0.3 is 1.43 Å². The molecular weight excluding hydrogens is 155 g/mol. The Bertz CT molecular complexity index is 227. The monoisotopic (exact) mass is 162 g/mol. The van der Waals surface area contributed by atoms with Gasteiger partial charge in [0.25, 0.3) is 0 Å². The first kappa shape index (κ1) is 10.7. The molecule has 0 fully saturated rings. The first-order valence-electron chi connectivity index (χ1n) is 2.75. The van der Waals surface area contributed by atoms with Crippen LogP contribution in [0.2, 0.25) is 0 Å². The van der Waals surface area contributed by atoms with E-state index < -0.39 is 5.97 Å². The summed E-state index contributed by atoms with van der Waals surface area (Å²) >= 11 is 0. The van der Waals surface area contributed by atoms with Gasteiger partial charge in [-0.1, -0.05) is 18.2 Å². The van der Waals surface area contributed by atoms with Crippen molar-refractivity contribution in [2.24, 2.45) is 0 Å². The van der Waals surface area contributed by atoms with Gasteiger partial charge >= 0.3 is 35.5 Å². The van der Waals surface area contributed by atoms with Crippen molar-refractivity contribution < 1.29 is 45.9 Å². The molecule has 1 aromatic rings. The van der Waals surface area contributed by atoms with E-state index in [1.54, 1.807) is 30.3 Å². The SMILES string of the molecule is O=C(OO)c1ccccc1.[H-].[Na+]. The summed E-state index contributed by atoms with van der Waals surface area (Å²) in [5, 5.41) is 7.94. The number of carbonyl (C=O) groups is 1. The molecule has 0 unspecified atom stereocenters. The van der Waals surface area contributed by atoms with E-state index in [4.69, 9.17) is 5.26 Å². The Morgan fingerprint density at radius 3 is 2.36 bits per heavy atom. The maximum absolute atomic E-state index is 10.5. The molecule has 1 rings (SSSR count). The van der Waals surface area contributed by atoms with Gasteiger partial charge in [0.05, 0.1) is 5.56 Å². The molecule has 0 aliphatic carbocycles. The average Bonchev–Trinajstić information content (AvgIpc) is 2.05. The van der Waals surface area contributed by atoms with Crippen LogP contribution in [0.3, 0.4) is 0 Å². The van der Waals surface area contributed by atoms with Crippen LogP contribution in [0, 0.1) is 0 Å². The van der Waals surface area contributed by atoms with Crippen molar-refractivity contribution >= 4 is 5.97 Å². The van der Waals surface area contributed by atoms with Crippen LogP contribution in [0.25, 0.3) is 0 Å². The van der Waals surface area contributed by atoms with Crippen LogP contribution >= 0.6 is 0 Å². The largest absolute Gasteiger partial charge is 1.00 e. The third kappa shape index (κ3) is 3.03. The number of carbonyl (C=O) groups excluding carboxylic acids is 1. The number of hydrogen-bond acceptors (Lipinski definition) is 3. The van der Waals surface area contributed by atoms with Crippen LogP contribution < -0.4 is 29.6 Å². The van der Waals surface area contributed by atoms with Crippen LogP contribution in [-0.2, 0) is 4.89 Å². The van der Waals surface area contributed by atoms with Gasteiger partial charge in [0, 0.05) is 0 Å². The van der Waals surface area contributed by atoms with Crippen molar-refractivity contribution in [2.45, 2.75) is 0 Å². The second-order valence-corrected chi connectivity index (χ2v) is 1.74. The van der Waals surface area contributed by atoms with Crippen LogP contribution in [0.4, 0.5) is 0 Å². The van der Waals surface area contributed by atoms with Gasteiger partial charge in [-0.05, 0) is 12.1 Å². The van der Waals surface area contributed by atoms with Gasteiger partial charge in [0.15, 0.2) is 0 Å². The Hall–Kier alpha value is -0.350. The molecule has 0 saturated carbocycles. The predicted octanol–water partition coefficient (Wildman–Crippen LogP) is -1.57. The van der Waals surface area contributed by atoms with Crippen molar-refractivity contribution in [3.8, 4) is 0 Å². The Morgan fingerprint density at radius 1 is 1.36 bits per heavy atom. The molecular formula is C7H7NaO3. The molecule has 4 heteroatoms. The van der Waals surface area contributed by atoms with E-state index in [9.17, 15) is 4.79 Å². The second-order valence-electron chi connectivity index (χ2n) is 1.74. The summed E-state index contributed by atoms with van der Waals surface area (Å²) in [6.07, 6.45) is 0. The molecule has 0 spiro atoms. The van der Waals surface area contributed by atoms with Crippen molar-refractivity contribution in [3.63, 3.8) is 0 Å². The van der Waals surface area contributed by atoms with Crippen molar-refractivity contribution in [1.82, 2.24) is 0 Å². The van der Waals surface area contributed by atoms with E-state index in [1.807, 2.05) is 0 Å². The molecule has 0 radical (unpaired) electrons. The van der Waals surface area contributed by atoms with Gasteiger partial charge in [-0.25, -0.2) is 4.79 Å². The van der Waals surface area contributed by atoms with E-state index in [-0.39, 0.29) is 31.0 Å². The van der Waals surface area contributed by atoms with Crippen molar-refractivity contribution in [1.29, 1.82) is 0 Å². The summed E-state index contributed by atoms with van der Waals surface area (Å²) < 4.78 is 0. The van der Waals surface area contributed by atoms with E-state index in [0.717, 1.165) is 0 Å². The quantitative estimate of drug-likeness (QED) is 0.308. The molecule has 0 heterocycles. The van der Waals surface area contributed by atoms with Crippen LogP contribution in [0.1, 0.15) is 11.8 Å². The zero-order chi connectivity index (χ0) is 7.40. The van der Waals surface area contributed by atoms with E-state index in [2.05, 4.69) is 4.89 Å². The number of rotatable bonds is 1. The summed E-state index contributed by atoms with van der Waals surface area (Å²) in [4.78, 5) is 14.0. The molecule has 3 nitrogen and oxygen atoms in total. The van der Waals surface area contributed by atoms with Crippen molar-refractivity contribution in [2.75, 3.05) is 0 Å². The van der Waals surface area contributed by atoms with Gasteiger partial charge in [0.2, 0.25) is 0 Å². The molecule has 54 valence electrons. The minimum absolute atomic E-state index is 0. The summed E-state index contributed by atoms with van der Waals surface area (Å²) in [6.45, 7) is 0. The average molecular weight is 162 g/mol. The maximum Gasteiger partial charge on any atom is 1.00 e. The van der Waals surface area contributed by atoms with Gasteiger partial charge in [-0.2, -0.15) is 5.26 Å². The predicted molar refractivity (Wildman–Crippen MR) is 35.6 cm³/mol. The fraction of sp³-hybridized carbons (Fsp3) is 0. The Labute approximate surface area is 87.7 Å². The molecule has 0 aromatic heterocycles. The Kier molecular flexibility index (Phi) is 5.15. The third-order valence-corrected chi connectivity index (χ3v) is 1.09. The molecule has 0 aliphatic heterocycles. The first-order valence-corrected chi connectivity index (χ1v) is 2.75. The molecule has 11 heavy (non-hydrogen) atoms. The summed E-state index contributed by atoms with van der Waals surface area (Å²) in [7, 11) is 0. The summed E-state index contributed by atoms with van der Waals surface area (Å²) in [5.41, 5.74) is 0.338. The zero-order valence-corrected chi connectivity index (χ0v) is 8.15. The zero-order valence-electron chi connectivity index (χ0n) is 7.15. The topological polar surface area (TPSA) is 46.5 Å². The maximum atomic E-state index is 10.5. The van der Waals surface area contributed by atoms with Gasteiger partial charge in [-0.15, -0.1) is 0 Å². The normalized spacial score (nSPS) is 8.09. The molecule has 1 aromatic carbocycles. The Balaban J connectivity index is 0. The molecule has 0 saturated heterocycles. The standard InChI is InChI=1S/C7H6O3.Na.H/c8-7(10-9)6-4-2-1-3-5-6;;/h1-5,9H;;/q;+1;-1. The van der Waals surface area contributed by atoms with E-state index in [0.29, 0.717) is 5.56 Å². The summed E-state index contributed by atoms with van der Waals surface area (Å²) in [6, 6.07) is 8.25. The van der Waals surface area contributed by atoms with E-state index in [1.165, 1.54) is 0 Å². The van der Waals surface area contributed by atoms with Crippen molar-refractivity contribution in [3.05, 3.63) is 35.9 Å². The molecule has 0 bridgehead atoms. The molecule has 0 aliphatic rings. The minimum Gasteiger partial charge on any atom is -1.00 e. The fourth-order valence-corrected chi connectivity index (χ4v) is 0.627. The smallest absolute Gasteiger partial charge is 1.00 e. The molecule has 0 atom stereocenters. The minimum atomic E-state index is -0.736. The van der Waals surface area contributed by atoms with Gasteiger partial charge in [-0.3, -0.25) is 4.89 Å². The van der Waals surface area contributed by atoms with Crippen LogP contribution in [0.15, 0.2) is 30.3 Å².